The van der Waals surface area contributed by atoms with E-state index in [1.165, 1.54) is 0 Å². The van der Waals surface area contributed by atoms with Crippen molar-refractivity contribution in [1.82, 2.24) is 0 Å². The summed E-state index contributed by atoms with van der Waals surface area (Å²) in [5.41, 5.74) is 1.85. The average molecular weight is 355 g/mol. The van der Waals surface area contributed by atoms with Gasteiger partial charge >= 0.3 is 0 Å². The van der Waals surface area contributed by atoms with Gasteiger partial charge in [0.05, 0.1) is 0 Å². The highest BCUT2D eigenvalue weighted by atomic mass is 16.2. The van der Waals surface area contributed by atoms with Crippen molar-refractivity contribution in [2.75, 3.05) is 0 Å². The summed E-state index contributed by atoms with van der Waals surface area (Å²) in [4.78, 5) is 23.6. The van der Waals surface area contributed by atoms with Gasteiger partial charge in [-0.25, -0.2) is 0 Å². The van der Waals surface area contributed by atoms with Crippen LogP contribution in [0.15, 0.2) is 60.7 Å². The first-order valence-corrected chi connectivity index (χ1v) is 8.98. The van der Waals surface area contributed by atoms with Gasteiger partial charge in [-0.05, 0) is 10.8 Å². The fraction of sp³-hybridized carbons (Fsp3) is 0.417. The third-order valence-electron chi connectivity index (χ3n) is 2.28. The number of rotatable bonds is 3. The van der Waals surface area contributed by atoms with Gasteiger partial charge in [0.2, 0.25) is 11.6 Å². The quantitative estimate of drug-likeness (QED) is 0.446. The Morgan fingerprint density at radius 1 is 0.500 bits per heavy atom. The Kier molecular flexibility index (Phi) is 9.79. The van der Waals surface area contributed by atoms with Crippen LogP contribution in [0, 0.1) is 10.8 Å². The molecule has 0 N–H and O–H groups in total. The van der Waals surface area contributed by atoms with Gasteiger partial charge in [0.25, 0.3) is 0 Å². The molecule has 0 aromatic heterocycles. The van der Waals surface area contributed by atoms with Gasteiger partial charge in [0.1, 0.15) is 0 Å². The lowest BCUT2D eigenvalue weighted by Gasteiger charge is -2.05. The Hall–Kier alpha value is -2.22. The molecule has 2 aromatic rings. The van der Waals surface area contributed by atoms with Crippen molar-refractivity contribution >= 4 is 11.6 Å². The first kappa shape index (κ1) is 23.8. The molecule has 26 heavy (non-hydrogen) atoms. The fourth-order valence-electron chi connectivity index (χ4n) is 1.44. The number of hydrogen-bond acceptors (Lipinski definition) is 2. The van der Waals surface area contributed by atoms with E-state index in [1.807, 2.05) is 12.1 Å². The highest BCUT2D eigenvalue weighted by Crippen LogP contribution is 2.09. The van der Waals surface area contributed by atoms with E-state index in [9.17, 15) is 9.59 Å². The molecule has 0 spiro atoms. The van der Waals surface area contributed by atoms with Crippen molar-refractivity contribution < 1.29 is 9.59 Å². The second-order valence-electron chi connectivity index (χ2n) is 9.39. The van der Waals surface area contributed by atoms with Crippen LogP contribution in [0.25, 0.3) is 0 Å². The van der Waals surface area contributed by atoms with Gasteiger partial charge in [-0.3, -0.25) is 9.59 Å². The summed E-state index contributed by atoms with van der Waals surface area (Å²) >= 11 is 0. The molecule has 2 rings (SSSR count). The monoisotopic (exact) mass is 354 g/mol. The van der Waals surface area contributed by atoms with Crippen LogP contribution in [0.4, 0.5) is 0 Å². The fourth-order valence-corrected chi connectivity index (χ4v) is 1.44. The molecule has 0 fully saturated rings. The molecule has 0 heterocycles. The third kappa shape index (κ3) is 14.2. The molecule has 142 valence electrons. The van der Waals surface area contributed by atoms with Crippen molar-refractivity contribution in [3.63, 3.8) is 0 Å². The Bertz CT molecular complexity index is 583. The molecular formula is C24H34O2. The normalized spacial score (nSPS) is 10.6. The minimum absolute atomic E-state index is 0.427. The Labute approximate surface area is 159 Å². The first-order chi connectivity index (χ1) is 11.8. The Morgan fingerprint density at radius 2 is 0.692 bits per heavy atom. The van der Waals surface area contributed by atoms with E-state index >= 15 is 0 Å². The minimum Gasteiger partial charge on any atom is -0.285 e. The van der Waals surface area contributed by atoms with E-state index < -0.39 is 11.6 Å². The van der Waals surface area contributed by atoms with Crippen LogP contribution in [-0.4, -0.2) is 11.6 Å². The molecule has 0 aliphatic rings. The minimum atomic E-state index is -0.466. The number of Topliss-reactive ketones (excluding diaryl/α,β-unsaturated/α-hetero) is 2. The lowest BCUT2D eigenvalue weighted by Crippen LogP contribution is -2.14. The number of carbonyl (C=O) groups excluding carboxylic acids is 2. The lowest BCUT2D eigenvalue weighted by atomic mass is 10.0. The van der Waals surface area contributed by atoms with Gasteiger partial charge < -0.3 is 0 Å². The molecule has 0 radical (unpaired) electrons. The second-order valence-corrected chi connectivity index (χ2v) is 9.39. The number of benzene rings is 2. The van der Waals surface area contributed by atoms with Crippen molar-refractivity contribution in [2.24, 2.45) is 10.8 Å². The molecule has 0 unspecified atom stereocenters. The zero-order chi connectivity index (χ0) is 20.4. The molecule has 2 aromatic carbocycles. The van der Waals surface area contributed by atoms with Gasteiger partial charge in [-0.1, -0.05) is 116 Å². The summed E-state index contributed by atoms with van der Waals surface area (Å²) < 4.78 is 0. The smallest absolute Gasteiger partial charge is 0.233 e. The highest BCUT2D eigenvalue weighted by Gasteiger charge is 2.17. The summed E-state index contributed by atoms with van der Waals surface area (Å²) in [6.45, 7) is 17.5. The molecule has 0 saturated heterocycles. The maximum atomic E-state index is 11.8. The molecule has 2 nitrogen and oxygen atoms in total. The summed E-state index contributed by atoms with van der Waals surface area (Å²) in [7, 11) is 0. The summed E-state index contributed by atoms with van der Waals surface area (Å²) in [5, 5.41) is 0. The molecule has 2 heteroatoms. The van der Waals surface area contributed by atoms with Crippen molar-refractivity contribution in [3.05, 3.63) is 71.8 Å². The predicted octanol–water partition coefficient (Wildman–Crippen LogP) is 6.86. The van der Waals surface area contributed by atoms with Crippen LogP contribution in [0.5, 0.6) is 0 Å². The third-order valence-corrected chi connectivity index (χ3v) is 2.28. The molecule has 0 atom stereocenters. The maximum Gasteiger partial charge on any atom is 0.233 e. The van der Waals surface area contributed by atoms with Crippen molar-refractivity contribution in [1.29, 1.82) is 0 Å². The van der Waals surface area contributed by atoms with Gasteiger partial charge in [-0.15, -0.1) is 0 Å². The summed E-state index contributed by atoms with van der Waals surface area (Å²) in [6, 6.07) is 17.2. The van der Waals surface area contributed by atoms with Crippen LogP contribution in [0.1, 0.15) is 76.1 Å². The van der Waals surface area contributed by atoms with Crippen LogP contribution >= 0.6 is 0 Å². The van der Waals surface area contributed by atoms with E-state index in [0.29, 0.717) is 22.0 Å². The SMILES string of the molecule is CC(C)(C)C.CC(C)(C)C.O=C(C(=O)c1ccccc1)c1ccccc1. The molecule has 0 aliphatic carbocycles. The van der Waals surface area contributed by atoms with E-state index in [1.54, 1.807) is 48.5 Å². The largest absolute Gasteiger partial charge is 0.285 e. The van der Waals surface area contributed by atoms with Crippen LogP contribution in [0.3, 0.4) is 0 Å². The predicted molar refractivity (Wildman–Crippen MR) is 112 cm³/mol. The van der Waals surface area contributed by atoms with Crippen LogP contribution < -0.4 is 0 Å². The molecule has 0 bridgehead atoms. The van der Waals surface area contributed by atoms with Gasteiger partial charge in [0.15, 0.2) is 0 Å². The highest BCUT2D eigenvalue weighted by molar-refractivity contribution is 6.49. The van der Waals surface area contributed by atoms with E-state index in [0.717, 1.165) is 0 Å². The van der Waals surface area contributed by atoms with Crippen molar-refractivity contribution in [3.8, 4) is 0 Å². The van der Waals surface area contributed by atoms with E-state index in [4.69, 9.17) is 0 Å². The Balaban J connectivity index is 0.000000520. The zero-order valence-electron chi connectivity index (χ0n) is 17.6. The second kappa shape index (κ2) is 10.7. The van der Waals surface area contributed by atoms with Crippen molar-refractivity contribution in [2.45, 2.75) is 55.4 Å². The van der Waals surface area contributed by atoms with Gasteiger partial charge in [0, 0.05) is 11.1 Å². The summed E-state index contributed by atoms with van der Waals surface area (Å²) in [6.07, 6.45) is 0. The van der Waals surface area contributed by atoms with E-state index in [2.05, 4.69) is 55.4 Å². The van der Waals surface area contributed by atoms with Crippen LogP contribution in [0.2, 0.25) is 0 Å². The van der Waals surface area contributed by atoms with Gasteiger partial charge in [-0.2, -0.15) is 0 Å². The topological polar surface area (TPSA) is 34.1 Å². The number of ketones is 2. The molecule has 0 aliphatic heterocycles. The molecular weight excluding hydrogens is 320 g/mol. The lowest BCUT2D eigenvalue weighted by molar-refractivity contribution is 0.0817. The average Bonchev–Trinajstić information content (AvgIpc) is 2.52. The Morgan fingerprint density at radius 3 is 0.885 bits per heavy atom. The summed E-state index contributed by atoms with van der Waals surface area (Å²) in [5.74, 6) is -0.932. The number of hydrogen-bond donors (Lipinski definition) is 0. The van der Waals surface area contributed by atoms with E-state index in [-0.39, 0.29) is 0 Å². The zero-order valence-corrected chi connectivity index (χ0v) is 17.6. The molecule has 0 amide bonds. The molecule has 0 saturated carbocycles. The maximum absolute atomic E-state index is 11.8. The number of carbonyl (C=O) groups is 2. The standard InChI is InChI=1S/C14H10O2.2C5H12/c15-13(11-7-3-1-4-8-11)14(16)12-9-5-2-6-10-12;2*1-5(2,3)4/h1-10H;2*1-4H3. The first-order valence-electron chi connectivity index (χ1n) is 8.98. The van der Waals surface area contributed by atoms with Crippen LogP contribution in [-0.2, 0) is 0 Å².